The molecule has 0 aliphatic carbocycles. The standard InChI is InChI=1S/C87H53N5O2/c1-5-21-54(22-6-1)60-31-18-36-65(50-60)70-43-45-72(82-80(70)78-68-39-15-13-23-55(68)41-47-76(78)93-82)86-88-74(57-25-7-2-8-26-57)53-75(89-86)67-38-20-35-64(52-67)62-33-17-32-61(49-62)63-34-19-37-66(51-63)71-44-46-73(83-81(71)79-69-40-16-14-24-56(69)42-48-77(79)94-83)87-91-84(58-27-9-3-10-28-58)90-85(92-87)59-29-11-4-12-30-59/h1-53H. The Hall–Kier alpha value is -12.7. The zero-order valence-electron chi connectivity index (χ0n) is 50.7. The fraction of sp³-hybridized carbons (Fsp3) is 0. The third kappa shape index (κ3) is 9.58. The van der Waals surface area contributed by atoms with Crippen molar-refractivity contribution in [3.05, 3.63) is 322 Å². The van der Waals surface area contributed by atoms with Crippen LogP contribution in [0.3, 0.4) is 0 Å². The minimum absolute atomic E-state index is 0.531. The minimum atomic E-state index is 0.531. The second-order valence-corrected chi connectivity index (χ2v) is 23.8. The van der Waals surface area contributed by atoms with E-state index in [0.29, 0.717) is 28.9 Å². The van der Waals surface area contributed by atoms with Gasteiger partial charge in [-0.25, -0.2) is 24.9 Å². The summed E-state index contributed by atoms with van der Waals surface area (Å²) in [7, 11) is 0. The van der Waals surface area contributed by atoms with Crippen LogP contribution >= 0.6 is 0 Å². The summed E-state index contributed by atoms with van der Waals surface area (Å²) in [6.45, 7) is 0. The van der Waals surface area contributed by atoms with E-state index >= 15 is 0 Å². The van der Waals surface area contributed by atoms with Crippen molar-refractivity contribution in [2.45, 2.75) is 0 Å². The molecule has 4 aromatic heterocycles. The number of aromatic nitrogens is 5. The van der Waals surface area contributed by atoms with Gasteiger partial charge in [-0.3, -0.25) is 0 Å². The first-order valence-electron chi connectivity index (χ1n) is 31.6. The van der Waals surface area contributed by atoms with Crippen LogP contribution in [0.2, 0.25) is 0 Å². The molecular weight excluding hydrogens is 1150 g/mol. The zero-order valence-corrected chi connectivity index (χ0v) is 50.7. The fourth-order valence-corrected chi connectivity index (χ4v) is 13.6. The average molecular weight is 1200 g/mol. The van der Waals surface area contributed by atoms with Crippen LogP contribution < -0.4 is 0 Å². The monoisotopic (exact) mass is 1200 g/mol. The molecule has 0 saturated carbocycles. The van der Waals surface area contributed by atoms with Gasteiger partial charge in [0, 0.05) is 43.8 Å². The smallest absolute Gasteiger partial charge is 0.167 e. The van der Waals surface area contributed by atoms with Crippen LogP contribution in [0, 0.1) is 0 Å². The Kier molecular flexibility index (Phi) is 13.1. The largest absolute Gasteiger partial charge is 0.455 e. The van der Waals surface area contributed by atoms with Gasteiger partial charge in [0.2, 0.25) is 0 Å². The summed E-state index contributed by atoms with van der Waals surface area (Å²) in [6, 6.07) is 112. The fourth-order valence-electron chi connectivity index (χ4n) is 13.6. The van der Waals surface area contributed by atoms with Crippen molar-refractivity contribution in [1.82, 2.24) is 24.9 Å². The SMILES string of the molecule is c1ccc(-c2cccc(-c3ccc(-c4nc(-c5ccccc5)cc(-c5cccc(-c6cccc(-c7cccc(-c8ccc(-c9nc(-c%10ccccc%10)nc(-c%10ccccc%10)n9)c9oc%10ccc%11ccccc%11c%10c89)c7)c6)c5)n4)c4oc5ccc6ccccc6c5c34)c2)cc1. The number of nitrogens with zero attached hydrogens (tertiary/aromatic N) is 5. The van der Waals surface area contributed by atoms with E-state index in [1.54, 1.807) is 0 Å². The van der Waals surface area contributed by atoms with Crippen LogP contribution in [0.4, 0.5) is 0 Å². The summed E-state index contributed by atoms with van der Waals surface area (Å²) in [4.78, 5) is 26.3. The molecule has 7 heteroatoms. The maximum atomic E-state index is 7.08. The molecular formula is C87H53N5O2. The predicted molar refractivity (Wildman–Crippen MR) is 385 cm³/mol. The van der Waals surface area contributed by atoms with E-state index in [4.69, 9.17) is 33.8 Å². The van der Waals surface area contributed by atoms with Gasteiger partial charge in [-0.1, -0.05) is 267 Å². The minimum Gasteiger partial charge on any atom is -0.455 e. The van der Waals surface area contributed by atoms with Gasteiger partial charge in [0.05, 0.1) is 22.5 Å². The molecule has 0 unspecified atom stereocenters. The molecule has 7 nitrogen and oxygen atoms in total. The molecule has 0 radical (unpaired) electrons. The van der Waals surface area contributed by atoms with Gasteiger partial charge in [0.1, 0.15) is 22.3 Å². The number of benzene rings is 14. The molecule has 94 heavy (non-hydrogen) atoms. The van der Waals surface area contributed by atoms with Crippen LogP contribution in [-0.2, 0) is 0 Å². The third-order valence-corrected chi connectivity index (χ3v) is 18.1. The highest BCUT2D eigenvalue weighted by Gasteiger charge is 2.25. The van der Waals surface area contributed by atoms with Gasteiger partial charge in [-0.2, -0.15) is 0 Å². The van der Waals surface area contributed by atoms with Crippen LogP contribution in [0.5, 0.6) is 0 Å². The molecule has 0 spiro atoms. The molecule has 0 amide bonds. The Balaban J connectivity index is 0.745. The van der Waals surface area contributed by atoms with Crippen molar-refractivity contribution in [2.24, 2.45) is 0 Å². The summed E-state index contributed by atoms with van der Waals surface area (Å²) in [6.07, 6.45) is 0. The van der Waals surface area contributed by atoms with Gasteiger partial charge in [0.25, 0.3) is 0 Å². The lowest BCUT2D eigenvalue weighted by molar-refractivity contribution is 0.669. The first kappa shape index (κ1) is 54.2. The van der Waals surface area contributed by atoms with Crippen molar-refractivity contribution < 1.29 is 8.83 Å². The van der Waals surface area contributed by atoms with Crippen molar-refractivity contribution >= 4 is 65.4 Å². The third-order valence-electron chi connectivity index (χ3n) is 18.1. The van der Waals surface area contributed by atoms with E-state index in [1.807, 2.05) is 66.7 Å². The van der Waals surface area contributed by atoms with E-state index in [2.05, 4.69) is 255 Å². The molecule has 0 aliphatic heterocycles. The number of fused-ring (bicyclic) bond motifs is 10. The predicted octanol–water partition coefficient (Wildman–Crippen LogP) is 23.1. The van der Waals surface area contributed by atoms with E-state index in [-0.39, 0.29) is 0 Å². The molecule has 0 aliphatic rings. The number of rotatable bonds is 11. The Morgan fingerprint density at radius 2 is 0.521 bits per heavy atom. The van der Waals surface area contributed by atoms with E-state index < -0.39 is 0 Å². The molecule has 438 valence electrons. The maximum absolute atomic E-state index is 7.08. The molecule has 0 N–H and O–H groups in total. The van der Waals surface area contributed by atoms with Crippen LogP contribution in [0.25, 0.3) is 189 Å². The number of hydrogen-bond donors (Lipinski definition) is 0. The lowest BCUT2D eigenvalue weighted by Crippen LogP contribution is -2.00. The highest BCUT2D eigenvalue weighted by molar-refractivity contribution is 6.26. The Labute approximate surface area is 541 Å². The molecule has 0 saturated heterocycles. The first-order valence-corrected chi connectivity index (χ1v) is 31.6. The van der Waals surface area contributed by atoms with Gasteiger partial charge in [0.15, 0.2) is 23.3 Å². The second-order valence-electron chi connectivity index (χ2n) is 23.8. The molecule has 0 bridgehead atoms. The van der Waals surface area contributed by atoms with Crippen LogP contribution in [0.1, 0.15) is 0 Å². The van der Waals surface area contributed by atoms with E-state index in [1.165, 1.54) is 0 Å². The summed E-state index contributed by atoms with van der Waals surface area (Å²) in [5, 5.41) is 8.64. The maximum Gasteiger partial charge on any atom is 0.167 e. The van der Waals surface area contributed by atoms with Crippen molar-refractivity contribution in [3.8, 4) is 124 Å². The lowest BCUT2D eigenvalue weighted by atomic mass is 9.92. The number of hydrogen-bond acceptors (Lipinski definition) is 7. The van der Waals surface area contributed by atoms with E-state index in [9.17, 15) is 0 Å². The molecule has 18 aromatic rings. The van der Waals surface area contributed by atoms with Crippen molar-refractivity contribution in [3.63, 3.8) is 0 Å². The Morgan fingerprint density at radius 3 is 1.00 bits per heavy atom. The summed E-state index contributed by atoms with van der Waals surface area (Å²) in [5.41, 5.74) is 20.9. The van der Waals surface area contributed by atoms with Gasteiger partial charge in [-0.15, -0.1) is 0 Å². The van der Waals surface area contributed by atoms with Gasteiger partial charge >= 0.3 is 0 Å². The quantitative estimate of drug-likeness (QED) is 0.127. The highest BCUT2D eigenvalue weighted by atomic mass is 16.3. The van der Waals surface area contributed by atoms with Crippen LogP contribution in [0.15, 0.2) is 330 Å². The van der Waals surface area contributed by atoms with Gasteiger partial charge in [-0.05, 0) is 132 Å². The topological polar surface area (TPSA) is 90.7 Å². The summed E-state index contributed by atoms with van der Waals surface area (Å²) >= 11 is 0. The zero-order chi connectivity index (χ0) is 62.1. The summed E-state index contributed by atoms with van der Waals surface area (Å²) in [5.74, 6) is 2.28. The second kappa shape index (κ2) is 22.6. The molecule has 18 rings (SSSR count). The normalized spacial score (nSPS) is 11.6. The summed E-state index contributed by atoms with van der Waals surface area (Å²) < 4.78 is 14.1. The van der Waals surface area contributed by atoms with Crippen molar-refractivity contribution in [2.75, 3.05) is 0 Å². The van der Waals surface area contributed by atoms with Crippen molar-refractivity contribution in [1.29, 1.82) is 0 Å². The van der Waals surface area contributed by atoms with E-state index in [0.717, 1.165) is 160 Å². The lowest BCUT2D eigenvalue weighted by Gasteiger charge is -2.13. The molecule has 0 fully saturated rings. The molecule has 4 heterocycles. The molecule has 14 aromatic carbocycles. The Bertz CT molecular complexity index is 5920. The average Bonchev–Trinajstić information content (AvgIpc) is 1.55. The number of furan rings is 2. The first-order chi connectivity index (χ1) is 46.6. The highest BCUT2D eigenvalue weighted by Crippen LogP contribution is 2.47. The molecule has 0 atom stereocenters. The Morgan fingerprint density at radius 1 is 0.191 bits per heavy atom. The van der Waals surface area contributed by atoms with Gasteiger partial charge < -0.3 is 8.83 Å². The van der Waals surface area contributed by atoms with Crippen LogP contribution in [-0.4, -0.2) is 24.9 Å².